The van der Waals surface area contributed by atoms with Gasteiger partial charge in [-0.25, -0.2) is 4.79 Å². The lowest BCUT2D eigenvalue weighted by atomic mass is 10.0. The number of nitrogens with one attached hydrogen (secondary N) is 3. The average molecular weight is 358 g/mol. The van der Waals surface area contributed by atoms with Crippen molar-refractivity contribution in [1.82, 2.24) is 20.9 Å². The molecule has 146 valence electrons. The number of carbonyl (C=O) groups is 3. The number of carboxylic acid groups (broad SMARTS) is 1. The number of amides is 2. The summed E-state index contributed by atoms with van der Waals surface area (Å²) in [4.78, 5) is 37.9. The zero-order valence-electron chi connectivity index (χ0n) is 16.3. The van der Waals surface area contributed by atoms with Crippen LogP contribution < -0.4 is 16.0 Å². The van der Waals surface area contributed by atoms with E-state index >= 15 is 0 Å². The number of unbranched alkanes of at least 4 members (excludes halogenated alkanes) is 1. The monoisotopic (exact) mass is 358 g/mol. The van der Waals surface area contributed by atoms with E-state index in [-0.39, 0.29) is 11.8 Å². The van der Waals surface area contributed by atoms with Crippen molar-refractivity contribution in [2.45, 2.75) is 58.2 Å². The summed E-state index contributed by atoms with van der Waals surface area (Å²) in [6.07, 6.45) is 1.92. The fourth-order valence-electron chi connectivity index (χ4n) is 2.24. The largest absolute Gasteiger partial charge is 0.480 e. The van der Waals surface area contributed by atoms with E-state index in [2.05, 4.69) is 16.0 Å². The summed E-state index contributed by atoms with van der Waals surface area (Å²) in [5.41, 5.74) is 0. The van der Waals surface area contributed by atoms with Crippen LogP contribution in [0.3, 0.4) is 0 Å². The van der Waals surface area contributed by atoms with Crippen molar-refractivity contribution in [1.29, 1.82) is 0 Å². The molecule has 0 rings (SSSR count). The SMILES string of the molecule is CNC(C)C(=O)NC(C(=O)NC(CCCCN(C)C)C(=O)O)C(C)C. The molecule has 0 aliphatic rings. The highest BCUT2D eigenvalue weighted by atomic mass is 16.4. The number of carbonyl (C=O) groups excluding carboxylic acids is 2. The van der Waals surface area contributed by atoms with E-state index in [0.29, 0.717) is 12.8 Å². The molecule has 8 nitrogen and oxygen atoms in total. The first-order chi connectivity index (χ1) is 11.6. The van der Waals surface area contributed by atoms with E-state index in [0.717, 1.165) is 13.0 Å². The van der Waals surface area contributed by atoms with Crippen LogP contribution in [0.25, 0.3) is 0 Å². The molecular weight excluding hydrogens is 324 g/mol. The molecule has 0 aromatic carbocycles. The van der Waals surface area contributed by atoms with Gasteiger partial charge in [-0.2, -0.15) is 0 Å². The van der Waals surface area contributed by atoms with Gasteiger partial charge in [0.1, 0.15) is 12.1 Å². The minimum atomic E-state index is -1.06. The molecule has 0 aromatic heterocycles. The third-order valence-corrected chi connectivity index (χ3v) is 4.04. The molecule has 0 bridgehead atoms. The second-order valence-electron chi connectivity index (χ2n) is 6.94. The zero-order chi connectivity index (χ0) is 19.6. The summed E-state index contributed by atoms with van der Waals surface area (Å²) in [6.45, 7) is 6.17. The summed E-state index contributed by atoms with van der Waals surface area (Å²) >= 11 is 0. The Labute approximate surface area is 150 Å². The highest BCUT2D eigenvalue weighted by Crippen LogP contribution is 2.07. The summed E-state index contributed by atoms with van der Waals surface area (Å²) < 4.78 is 0. The number of rotatable bonds is 12. The van der Waals surface area contributed by atoms with Gasteiger partial charge in [-0.1, -0.05) is 13.8 Å². The fourth-order valence-corrected chi connectivity index (χ4v) is 2.24. The first-order valence-corrected chi connectivity index (χ1v) is 8.75. The maximum Gasteiger partial charge on any atom is 0.326 e. The maximum atomic E-state index is 12.5. The molecule has 0 radical (unpaired) electrons. The minimum absolute atomic E-state index is 0.156. The highest BCUT2D eigenvalue weighted by Gasteiger charge is 2.29. The highest BCUT2D eigenvalue weighted by molar-refractivity contribution is 5.91. The predicted octanol–water partition coefficient (Wildman–Crippen LogP) is 0.0364. The molecule has 8 heteroatoms. The van der Waals surface area contributed by atoms with E-state index in [9.17, 15) is 19.5 Å². The molecule has 3 unspecified atom stereocenters. The van der Waals surface area contributed by atoms with Gasteiger partial charge >= 0.3 is 5.97 Å². The average Bonchev–Trinajstić information content (AvgIpc) is 2.53. The molecule has 2 amide bonds. The Bertz CT molecular complexity index is 440. The fraction of sp³-hybridized carbons (Fsp3) is 0.824. The van der Waals surface area contributed by atoms with Crippen molar-refractivity contribution in [3.05, 3.63) is 0 Å². The van der Waals surface area contributed by atoms with E-state index in [1.165, 1.54) is 0 Å². The van der Waals surface area contributed by atoms with E-state index in [1.807, 2.05) is 19.0 Å². The molecular formula is C17H34N4O4. The van der Waals surface area contributed by atoms with Crippen LogP contribution in [0.15, 0.2) is 0 Å². The molecule has 0 saturated heterocycles. The van der Waals surface area contributed by atoms with Gasteiger partial charge in [-0.3, -0.25) is 9.59 Å². The molecule has 0 aromatic rings. The third-order valence-electron chi connectivity index (χ3n) is 4.04. The minimum Gasteiger partial charge on any atom is -0.480 e. The van der Waals surface area contributed by atoms with Crippen molar-refractivity contribution >= 4 is 17.8 Å². The molecule has 0 heterocycles. The Morgan fingerprint density at radius 1 is 1.00 bits per heavy atom. The van der Waals surface area contributed by atoms with Crippen LogP contribution in [0.2, 0.25) is 0 Å². The maximum absolute atomic E-state index is 12.5. The van der Waals surface area contributed by atoms with Gasteiger partial charge < -0.3 is 26.0 Å². The van der Waals surface area contributed by atoms with Gasteiger partial charge in [0.2, 0.25) is 11.8 Å². The van der Waals surface area contributed by atoms with Crippen molar-refractivity contribution < 1.29 is 19.5 Å². The summed E-state index contributed by atoms with van der Waals surface area (Å²) in [5.74, 6) is -1.98. The van der Waals surface area contributed by atoms with Gasteiger partial charge in [0, 0.05) is 0 Å². The van der Waals surface area contributed by atoms with Gasteiger partial charge in [-0.15, -0.1) is 0 Å². The molecule has 0 aliphatic heterocycles. The van der Waals surface area contributed by atoms with Crippen molar-refractivity contribution in [2.75, 3.05) is 27.7 Å². The predicted molar refractivity (Wildman–Crippen MR) is 97.3 cm³/mol. The van der Waals surface area contributed by atoms with Gasteiger partial charge in [-0.05, 0) is 59.8 Å². The lowest BCUT2D eigenvalue weighted by Crippen LogP contribution is -2.56. The topological polar surface area (TPSA) is 111 Å². The second-order valence-corrected chi connectivity index (χ2v) is 6.94. The van der Waals surface area contributed by atoms with Crippen LogP contribution in [0.1, 0.15) is 40.0 Å². The number of carboxylic acids is 1. The number of hydrogen-bond acceptors (Lipinski definition) is 5. The van der Waals surface area contributed by atoms with E-state index in [1.54, 1.807) is 27.8 Å². The Morgan fingerprint density at radius 2 is 1.60 bits per heavy atom. The van der Waals surface area contributed by atoms with Crippen LogP contribution in [-0.4, -0.2) is 73.6 Å². The molecule has 0 aliphatic carbocycles. The normalized spacial score (nSPS) is 14.9. The van der Waals surface area contributed by atoms with Crippen LogP contribution in [0.5, 0.6) is 0 Å². The van der Waals surface area contributed by atoms with Gasteiger partial charge in [0.15, 0.2) is 0 Å². The van der Waals surface area contributed by atoms with E-state index < -0.39 is 30.0 Å². The van der Waals surface area contributed by atoms with Gasteiger partial charge in [0.05, 0.1) is 6.04 Å². The van der Waals surface area contributed by atoms with Gasteiger partial charge in [0.25, 0.3) is 0 Å². The lowest BCUT2D eigenvalue weighted by Gasteiger charge is -2.25. The second kappa shape index (κ2) is 11.8. The smallest absolute Gasteiger partial charge is 0.326 e. The Kier molecular flexibility index (Phi) is 11.0. The lowest BCUT2D eigenvalue weighted by molar-refractivity contribution is -0.142. The van der Waals surface area contributed by atoms with Crippen LogP contribution in [0, 0.1) is 5.92 Å². The Morgan fingerprint density at radius 3 is 2.04 bits per heavy atom. The van der Waals surface area contributed by atoms with Crippen molar-refractivity contribution in [3.63, 3.8) is 0 Å². The number of likely N-dealkylation sites (N-methyl/N-ethyl adjacent to an activating group) is 1. The Hall–Kier alpha value is -1.67. The summed E-state index contributed by atoms with van der Waals surface area (Å²) in [6, 6.07) is -2.16. The van der Waals surface area contributed by atoms with Crippen molar-refractivity contribution in [2.24, 2.45) is 5.92 Å². The number of hydrogen-bond donors (Lipinski definition) is 4. The van der Waals surface area contributed by atoms with Crippen LogP contribution >= 0.6 is 0 Å². The standard InChI is InChI=1S/C17H34N4O4/c1-11(2)14(20-15(22)12(3)18-4)16(23)19-13(17(24)25)9-7-8-10-21(5)6/h11-14,18H,7-10H2,1-6H3,(H,19,23)(H,20,22)(H,24,25). The number of nitrogens with zero attached hydrogens (tertiary/aromatic N) is 1. The third kappa shape index (κ3) is 9.40. The zero-order valence-corrected chi connectivity index (χ0v) is 16.3. The molecule has 0 spiro atoms. The Balaban J connectivity index is 4.75. The first-order valence-electron chi connectivity index (χ1n) is 8.75. The molecule has 0 saturated carbocycles. The quantitative estimate of drug-likeness (QED) is 0.367. The molecule has 25 heavy (non-hydrogen) atoms. The molecule has 4 N–H and O–H groups in total. The van der Waals surface area contributed by atoms with Crippen LogP contribution in [0.4, 0.5) is 0 Å². The summed E-state index contributed by atoms with van der Waals surface area (Å²) in [7, 11) is 5.57. The molecule has 3 atom stereocenters. The van der Waals surface area contributed by atoms with E-state index in [4.69, 9.17) is 0 Å². The number of aliphatic carboxylic acids is 1. The molecule has 0 fully saturated rings. The first kappa shape index (κ1) is 23.3. The van der Waals surface area contributed by atoms with Crippen molar-refractivity contribution in [3.8, 4) is 0 Å². The van der Waals surface area contributed by atoms with Crippen LogP contribution in [-0.2, 0) is 14.4 Å². The summed E-state index contributed by atoms with van der Waals surface area (Å²) in [5, 5.41) is 17.4.